The number of benzene rings is 1. The molecule has 1 aliphatic carbocycles. The summed E-state index contributed by atoms with van der Waals surface area (Å²) in [6.45, 7) is 0. The molecule has 0 radical (unpaired) electrons. The highest BCUT2D eigenvalue weighted by molar-refractivity contribution is 9.10. The first kappa shape index (κ1) is 12.8. The normalized spacial score (nSPS) is 17.4. The topological polar surface area (TPSA) is 50.2 Å². The lowest BCUT2D eigenvalue weighted by molar-refractivity contribution is -0.137. The zero-order valence-electron chi connectivity index (χ0n) is 10.1. The molecule has 5 heteroatoms. The van der Waals surface area contributed by atoms with Crippen LogP contribution >= 0.6 is 27.3 Å². The second-order valence-corrected chi connectivity index (χ2v) is 6.58. The zero-order chi connectivity index (χ0) is 13.4. The van der Waals surface area contributed by atoms with E-state index in [4.69, 9.17) is 5.11 Å². The van der Waals surface area contributed by atoms with Crippen LogP contribution in [0.15, 0.2) is 28.7 Å². The number of nitrogens with zero attached hydrogens (tertiary/aromatic N) is 1. The lowest BCUT2D eigenvalue weighted by atomic mass is 10.0. The number of thiazole rings is 1. The molecule has 1 aromatic heterocycles. The van der Waals surface area contributed by atoms with Gasteiger partial charge < -0.3 is 5.11 Å². The maximum atomic E-state index is 10.9. The Balaban J connectivity index is 1.96. The lowest BCUT2D eigenvalue weighted by Crippen LogP contribution is -2.03. The summed E-state index contributed by atoms with van der Waals surface area (Å²) in [5, 5.41) is 9.91. The molecular weight excluding hydrogens is 326 g/mol. The van der Waals surface area contributed by atoms with E-state index in [2.05, 4.69) is 20.9 Å². The molecule has 0 aliphatic heterocycles. The molecule has 0 amide bonds. The number of hydrogen-bond donors (Lipinski definition) is 1. The minimum atomic E-state index is -0.742. The molecule has 3 nitrogen and oxygen atoms in total. The predicted octanol–water partition coefficient (Wildman–Crippen LogP) is 4.08. The van der Waals surface area contributed by atoms with E-state index in [1.54, 1.807) is 11.3 Å². The summed E-state index contributed by atoms with van der Waals surface area (Å²) in [6, 6.07) is 7.99. The van der Waals surface area contributed by atoms with Gasteiger partial charge in [0.25, 0.3) is 0 Å². The number of carboxylic acids is 1. The molecule has 19 heavy (non-hydrogen) atoms. The highest BCUT2D eigenvalue weighted by Crippen LogP contribution is 2.42. The first-order chi connectivity index (χ1) is 9.15. The number of carboxylic acid groups (broad SMARTS) is 1. The van der Waals surface area contributed by atoms with Crippen LogP contribution in [0.5, 0.6) is 0 Å². The molecule has 98 valence electrons. The number of aryl methyl sites for hydroxylation is 1. The number of halogens is 1. The van der Waals surface area contributed by atoms with Crippen LogP contribution in [-0.4, -0.2) is 16.1 Å². The maximum Gasteiger partial charge on any atom is 0.304 e. The summed E-state index contributed by atoms with van der Waals surface area (Å²) in [6.07, 6.45) is 2.05. The zero-order valence-corrected chi connectivity index (χ0v) is 12.5. The second-order valence-electron chi connectivity index (χ2n) is 4.64. The molecule has 1 aromatic carbocycles. The average Bonchev–Trinajstić information content (AvgIpc) is 2.91. The van der Waals surface area contributed by atoms with Crippen LogP contribution in [0.3, 0.4) is 0 Å². The van der Waals surface area contributed by atoms with Crippen molar-refractivity contribution >= 4 is 33.2 Å². The van der Waals surface area contributed by atoms with E-state index in [1.165, 1.54) is 4.88 Å². The molecular formula is C14H12BrNO2S. The van der Waals surface area contributed by atoms with Gasteiger partial charge in [-0.2, -0.15) is 0 Å². The summed E-state index contributed by atoms with van der Waals surface area (Å²) in [5.74, 6) is -0.659. The molecule has 1 unspecified atom stereocenters. The van der Waals surface area contributed by atoms with Gasteiger partial charge in [0.1, 0.15) is 5.01 Å². The standard InChI is InChI=1S/C14H12BrNO2S/c15-10-4-2-1-3-9(10)14-16-13-8(7-12(17)18)5-6-11(13)19-14/h1-4,8H,5-7H2,(H,17,18). The Labute approximate surface area is 123 Å². The fraction of sp³-hybridized carbons (Fsp3) is 0.286. The minimum absolute atomic E-state index is 0.0833. The van der Waals surface area contributed by atoms with Gasteiger partial charge in [-0.05, 0) is 18.9 Å². The molecule has 0 fully saturated rings. The Kier molecular flexibility index (Phi) is 3.41. The monoisotopic (exact) mass is 337 g/mol. The first-order valence-electron chi connectivity index (χ1n) is 6.11. The molecule has 0 spiro atoms. The number of rotatable bonds is 3. The van der Waals surface area contributed by atoms with Gasteiger partial charge in [-0.3, -0.25) is 4.79 Å². The van der Waals surface area contributed by atoms with Crippen molar-refractivity contribution in [3.05, 3.63) is 39.3 Å². The third kappa shape index (κ3) is 2.44. The van der Waals surface area contributed by atoms with Crippen molar-refractivity contribution in [3.8, 4) is 10.6 Å². The number of fused-ring (bicyclic) bond motifs is 1. The van der Waals surface area contributed by atoms with E-state index in [0.717, 1.165) is 33.6 Å². The fourth-order valence-electron chi connectivity index (χ4n) is 2.46. The van der Waals surface area contributed by atoms with Gasteiger partial charge in [-0.1, -0.05) is 34.1 Å². The van der Waals surface area contributed by atoms with Crippen LogP contribution in [-0.2, 0) is 11.2 Å². The van der Waals surface area contributed by atoms with Crippen molar-refractivity contribution in [3.63, 3.8) is 0 Å². The van der Waals surface area contributed by atoms with Crippen molar-refractivity contribution in [2.75, 3.05) is 0 Å². The van der Waals surface area contributed by atoms with E-state index in [0.29, 0.717) is 0 Å². The summed E-state index contributed by atoms with van der Waals surface area (Å²) < 4.78 is 1.03. The van der Waals surface area contributed by atoms with Gasteiger partial charge in [-0.25, -0.2) is 4.98 Å². The van der Waals surface area contributed by atoms with E-state index < -0.39 is 5.97 Å². The predicted molar refractivity (Wildman–Crippen MR) is 78.6 cm³/mol. The third-order valence-corrected chi connectivity index (χ3v) is 5.22. The summed E-state index contributed by atoms with van der Waals surface area (Å²) >= 11 is 5.22. The molecule has 1 heterocycles. The molecule has 3 rings (SSSR count). The Hall–Kier alpha value is -1.20. The Morgan fingerprint density at radius 2 is 2.26 bits per heavy atom. The van der Waals surface area contributed by atoms with Crippen molar-refractivity contribution in [2.45, 2.75) is 25.2 Å². The van der Waals surface area contributed by atoms with E-state index in [1.807, 2.05) is 24.3 Å². The van der Waals surface area contributed by atoms with Crippen LogP contribution in [0.4, 0.5) is 0 Å². The SMILES string of the molecule is O=C(O)CC1CCc2sc(-c3ccccc3Br)nc21. The smallest absolute Gasteiger partial charge is 0.304 e. The van der Waals surface area contributed by atoms with E-state index in [9.17, 15) is 4.79 Å². The summed E-state index contributed by atoms with van der Waals surface area (Å²) in [4.78, 5) is 16.8. The molecule has 0 bridgehead atoms. The lowest BCUT2D eigenvalue weighted by Gasteiger charge is -2.05. The third-order valence-electron chi connectivity index (χ3n) is 3.36. The molecule has 1 atom stereocenters. The molecule has 1 aliphatic rings. The summed E-state index contributed by atoms with van der Waals surface area (Å²) in [5.41, 5.74) is 2.08. The Morgan fingerprint density at radius 3 is 3.00 bits per heavy atom. The second kappa shape index (κ2) is 5.06. The number of carbonyl (C=O) groups is 1. The number of aliphatic carboxylic acids is 1. The first-order valence-corrected chi connectivity index (χ1v) is 7.72. The van der Waals surface area contributed by atoms with Crippen LogP contribution in [0.2, 0.25) is 0 Å². The van der Waals surface area contributed by atoms with Gasteiger partial charge >= 0.3 is 5.97 Å². The van der Waals surface area contributed by atoms with Crippen molar-refractivity contribution in [2.24, 2.45) is 0 Å². The summed E-state index contributed by atoms with van der Waals surface area (Å²) in [7, 11) is 0. The van der Waals surface area contributed by atoms with Gasteiger partial charge in [0.15, 0.2) is 0 Å². The van der Waals surface area contributed by atoms with Crippen molar-refractivity contribution in [1.29, 1.82) is 0 Å². The van der Waals surface area contributed by atoms with E-state index in [-0.39, 0.29) is 12.3 Å². The van der Waals surface area contributed by atoms with Gasteiger partial charge in [0, 0.05) is 20.8 Å². The van der Waals surface area contributed by atoms with Crippen molar-refractivity contribution in [1.82, 2.24) is 4.98 Å². The maximum absolute atomic E-state index is 10.9. The molecule has 0 saturated carbocycles. The van der Waals surface area contributed by atoms with Gasteiger partial charge in [0.05, 0.1) is 12.1 Å². The highest BCUT2D eigenvalue weighted by Gasteiger charge is 2.29. The van der Waals surface area contributed by atoms with Crippen molar-refractivity contribution < 1.29 is 9.90 Å². The molecule has 2 aromatic rings. The van der Waals surface area contributed by atoms with E-state index >= 15 is 0 Å². The number of hydrogen-bond acceptors (Lipinski definition) is 3. The average molecular weight is 338 g/mol. The van der Waals surface area contributed by atoms with Crippen LogP contribution in [0, 0.1) is 0 Å². The Morgan fingerprint density at radius 1 is 1.47 bits per heavy atom. The highest BCUT2D eigenvalue weighted by atomic mass is 79.9. The number of aromatic nitrogens is 1. The molecule has 0 saturated heterocycles. The molecule has 1 N–H and O–H groups in total. The van der Waals surface area contributed by atoms with Gasteiger partial charge in [0.2, 0.25) is 0 Å². The minimum Gasteiger partial charge on any atom is -0.481 e. The van der Waals surface area contributed by atoms with Gasteiger partial charge in [-0.15, -0.1) is 11.3 Å². The van der Waals surface area contributed by atoms with Crippen LogP contribution in [0.25, 0.3) is 10.6 Å². The van der Waals surface area contributed by atoms with Crippen LogP contribution in [0.1, 0.15) is 29.3 Å². The fourth-order valence-corrected chi connectivity index (χ4v) is 4.27. The Bertz CT molecular complexity index is 638. The van der Waals surface area contributed by atoms with Crippen LogP contribution < -0.4 is 0 Å². The largest absolute Gasteiger partial charge is 0.481 e. The quantitative estimate of drug-likeness (QED) is 0.918.